The van der Waals surface area contributed by atoms with Crippen molar-refractivity contribution in [2.45, 2.75) is 26.4 Å². The highest BCUT2D eigenvalue weighted by Crippen LogP contribution is 2.29. The van der Waals surface area contributed by atoms with Crippen molar-refractivity contribution in [3.63, 3.8) is 0 Å². The van der Waals surface area contributed by atoms with Crippen LogP contribution in [0.1, 0.15) is 25.3 Å². The van der Waals surface area contributed by atoms with Crippen molar-refractivity contribution in [3.05, 3.63) is 28.8 Å². The standard InChI is InChI=1S/C12H18ClNO/c1-3-4-8-14(2)12-10(9-15)6-5-7-11(12)13/h5-7,15H,3-4,8-9H2,1-2H3. The van der Waals surface area contributed by atoms with Gasteiger partial charge in [-0.25, -0.2) is 0 Å². The first kappa shape index (κ1) is 12.3. The minimum Gasteiger partial charge on any atom is -0.392 e. The third-order valence-corrected chi connectivity index (χ3v) is 2.77. The molecule has 0 spiro atoms. The highest BCUT2D eigenvalue weighted by atomic mass is 35.5. The van der Waals surface area contributed by atoms with E-state index in [1.165, 1.54) is 0 Å². The fourth-order valence-electron chi connectivity index (χ4n) is 1.62. The summed E-state index contributed by atoms with van der Waals surface area (Å²) in [5.41, 5.74) is 1.84. The molecule has 0 radical (unpaired) electrons. The molecule has 1 aromatic carbocycles. The largest absolute Gasteiger partial charge is 0.392 e. The topological polar surface area (TPSA) is 23.5 Å². The molecule has 0 amide bonds. The number of benzene rings is 1. The van der Waals surface area contributed by atoms with Gasteiger partial charge in [0.1, 0.15) is 0 Å². The minimum absolute atomic E-state index is 0.0341. The highest BCUT2D eigenvalue weighted by molar-refractivity contribution is 6.33. The lowest BCUT2D eigenvalue weighted by Crippen LogP contribution is -2.20. The molecule has 0 aliphatic heterocycles. The van der Waals surface area contributed by atoms with E-state index in [0.29, 0.717) is 5.02 Å². The van der Waals surface area contributed by atoms with Gasteiger partial charge in [0.05, 0.1) is 17.3 Å². The number of hydrogen-bond acceptors (Lipinski definition) is 2. The van der Waals surface area contributed by atoms with Crippen molar-refractivity contribution in [3.8, 4) is 0 Å². The average molecular weight is 228 g/mol. The molecule has 0 atom stereocenters. The Morgan fingerprint density at radius 3 is 2.73 bits per heavy atom. The van der Waals surface area contributed by atoms with Crippen LogP contribution in [0.25, 0.3) is 0 Å². The molecule has 1 rings (SSSR count). The van der Waals surface area contributed by atoms with Crippen LogP contribution in [-0.4, -0.2) is 18.7 Å². The number of halogens is 1. The Balaban J connectivity index is 2.90. The minimum atomic E-state index is 0.0341. The first-order valence-electron chi connectivity index (χ1n) is 5.30. The van der Waals surface area contributed by atoms with E-state index in [2.05, 4.69) is 11.8 Å². The third-order valence-electron chi connectivity index (χ3n) is 2.47. The predicted octanol–water partition coefficient (Wildman–Crippen LogP) is 3.07. The van der Waals surface area contributed by atoms with Crippen molar-refractivity contribution in [1.29, 1.82) is 0 Å². The van der Waals surface area contributed by atoms with Crippen LogP contribution in [0.4, 0.5) is 5.69 Å². The second-order valence-electron chi connectivity index (χ2n) is 3.68. The molecule has 1 N–H and O–H groups in total. The number of nitrogens with zero attached hydrogens (tertiary/aromatic N) is 1. The summed E-state index contributed by atoms with van der Waals surface area (Å²) in [4.78, 5) is 2.11. The lowest BCUT2D eigenvalue weighted by molar-refractivity contribution is 0.282. The molecule has 0 aromatic heterocycles. The van der Waals surface area contributed by atoms with Crippen molar-refractivity contribution < 1.29 is 5.11 Å². The van der Waals surface area contributed by atoms with Crippen molar-refractivity contribution in [2.24, 2.45) is 0 Å². The molecule has 0 heterocycles. The zero-order valence-electron chi connectivity index (χ0n) is 9.33. The number of aliphatic hydroxyl groups is 1. The van der Waals surface area contributed by atoms with E-state index in [9.17, 15) is 5.11 Å². The van der Waals surface area contributed by atoms with Gasteiger partial charge in [0, 0.05) is 19.2 Å². The third kappa shape index (κ3) is 3.11. The molecule has 0 saturated carbocycles. The molecule has 0 unspecified atom stereocenters. The van der Waals surface area contributed by atoms with E-state index in [0.717, 1.165) is 30.6 Å². The summed E-state index contributed by atoms with van der Waals surface area (Å²) in [5, 5.41) is 9.94. The van der Waals surface area contributed by atoms with Gasteiger partial charge in [-0.3, -0.25) is 0 Å². The molecule has 1 aromatic rings. The Morgan fingerprint density at radius 2 is 2.13 bits per heavy atom. The van der Waals surface area contributed by atoms with E-state index < -0.39 is 0 Å². The molecule has 0 saturated heterocycles. The van der Waals surface area contributed by atoms with E-state index in [-0.39, 0.29) is 6.61 Å². The Morgan fingerprint density at radius 1 is 1.40 bits per heavy atom. The van der Waals surface area contributed by atoms with Gasteiger partial charge in [-0.2, -0.15) is 0 Å². The normalized spacial score (nSPS) is 10.4. The van der Waals surface area contributed by atoms with Gasteiger partial charge < -0.3 is 10.0 Å². The van der Waals surface area contributed by atoms with Crippen molar-refractivity contribution in [1.82, 2.24) is 0 Å². The second kappa shape index (κ2) is 5.99. The quantitative estimate of drug-likeness (QED) is 0.836. The summed E-state index contributed by atoms with van der Waals surface area (Å²) in [6.07, 6.45) is 2.29. The van der Waals surface area contributed by atoms with Gasteiger partial charge in [0.15, 0.2) is 0 Å². The van der Waals surface area contributed by atoms with Gasteiger partial charge in [-0.05, 0) is 12.5 Å². The van der Waals surface area contributed by atoms with Crippen LogP contribution in [0, 0.1) is 0 Å². The summed E-state index contributed by atoms with van der Waals surface area (Å²) in [7, 11) is 2.01. The van der Waals surface area contributed by atoms with E-state index >= 15 is 0 Å². The first-order valence-corrected chi connectivity index (χ1v) is 5.67. The molecule has 2 nitrogen and oxygen atoms in total. The van der Waals surface area contributed by atoms with Crippen LogP contribution in [0.3, 0.4) is 0 Å². The zero-order chi connectivity index (χ0) is 11.3. The lowest BCUT2D eigenvalue weighted by atomic mass is 10.1. The summed E-state index contributed by atoms with van der Waals surface area (Å²) < 4.78 is 0. The van der Waals surface area contributed by atoms with E-state index in [4.69, 9.17) is 11.6 Å². The molecule has 0 bridgehead atoms. The molecular weight excluding hydrogens is 210 g/mol. The average Bonchev–Trinajstić information content (AvgIpc) is 2.25. The lowest BCUT2D eigenvalue weighted by Gasteiger charge is -2.22. The SMILES string of the molecule is CCCCN(C)c1c(Cl)cccc1CO. The van der Waals surface area contributed by atoms with Crippen molar-refractivity contribution in [2.75, 3.05) is 18.5 Å². The smallest absolute Gasteiger partial charge is 0.0702 e. The van der Waals surface area contributed by atoms with Gasteiger partial charge in [0.2, 0.25) is 0 Å². The Hall–Kier alpha value is -0.730. The van der Waals surface area contributed by atoms with Gasteiger partial charge >= 0.3 is 0 Å². The Labute approximate surface area is 96.5 Å². The zero-order valence-corrected chi connectivity index (χ0v) is 10.1. The van der Waals surface area contributed by atoms with Crippen LogP contribution in [0.15, 0.2) is 18.2 Å². The van der Waals surface area contributed by atoms with Gasteiger partial charge in [0.25, 0.3) is 0 Å². The Bertz CT molecular complexity index is 314. The number of para-hydroxylation sites is 1. The molecule has 0 aliphatic rings. The van der Waals surface area contributed by atoms with Crippen LogP contribution in [0.5, 0.6) is 0 Å². The summed E-state index contributed by atoms with van der Waals surface area (Å²) >= 11 is 6.13. The van der Waals surface area contributed by atoms with Crippen molar-refractivity contribution >= 4 is 17.3 Å². The molecule has 0 aliphatic carbocycles. The molecule has 0 fully saturated rings. The van der Waals surface area contributed by atoms with Gasteiger partial charge in [-0.1, -0.05) is 37.1 Å². The number of anilines is 1. The Kier molecular flexibility index (Phi) is 4.92. The number of rotatable bonds is 5. The van der Waals surface area contributed by atoms with Crippen LogP contribution < -0.4 is 4.90 Å². The van der Waals surface area contributed by atoms with Crippen LogP contribution in [-0.2, 0) is 6.61 Å². The molecular formula is C12H18ClNO. The first-order chi connectivity index (χ1) is 7.20. The molecule has 3 heteroatoms. The number of aliphatic hydroxyl groups excluding tert-OH is 1. The number of hydrogen-bond donors (Lipinski definition) is 1. The fourth-order valence-corrected chi connectivity index (χ4v) is 1.96. The maximum absolute atomic E-state index is 9.23. The summed E-state index contributed by atoms with van der Waals surface area (Å²) in [6.45, 7) is 3.16. The second-order valence-corrected chi connectivity index (χ2v) is 4.09. The van der Waals surface area contributed by atoms with Crippen LogP contribution in [0.2, 0.25) is 5.02 Å². The summed E-state index contributed by atoms with van der Waals surface area (Å²) in [6, 6.07) is 5.63. The van der Waals surface area contributed by atoms with Crippen LogP contribution >= 0.6 is 11.6 Å². The molecule has 84 valence electrons. The van der Waals surface area contributed by atoms with E-state index in [1.807, 2.05) is 25.2 Å². The predicted molar refractivity (Wildman–Crippen MR) is 65.6 cm³/mol. The van der Waals surface area contributed by atoms with Gasteiger partial charge in [-0.15, -0.1) is 0 Å². The molecule has 15 heavy (non-hydrogen) atoms. The maximum atomic E-state index is 9.23. The van der Waals surface area contributed by atoms with E-state index in [1.54, 1.807) is 0 Å². The maximum Gasteiger partial charge on any atom is 0.0702 e. The monoisotopic (exact) mass is 227 g/mol. The fraction of sp³-hybridized carbons (Fsp3) is 0.500. The highest BCUT2D eigenvalue weighted by Gasteiger charge is 2.10. The number of unbranched alkanes of at least 4 members (excludes halogenated alkanes) is 1. The summed E-state index contributed by atoms with van der Waals surface area (Å²) in [5.74, 6) is 0.